The largest absolute Gasteiger partial charge is 0.394 e. The van der Waals surface area contributed by atoms with Crippen LogP contribution in [0.3, 0.4) is 0 Å². The normalized spacial score (nSPS) is 24.2. The lowest BCUT2D eigenvalue weighted by atomic mass is 9.86. The molecule has 2 aliphatic heterocycles. The number of likely N-dealkylation sites (tertiary alicyclic amines) is 1. The van der Waals surface area contributed by atoms with Crippen molar-refractivity contribution < 1.29 is 4.74 Å². The second-order valence-electron chi connectivity index (χ2n) is 3.64. The summed E-state index contributed by atoms with van der Waals surface area (Å²) in [4.78, 5) is 2.02. The molecular formula is C9H15N3O. The zero-order valence-electron chi connectivity index (χ0n) is 7.84. The van der Waals surface area contributed by atoms with Gasteiger partial charge < -0.3 is 15.0 Å². The Kier molecular flexibility index (Phi) is 2.00. The topological polar surface area (TPSA) is 48.4 Å². The average Bonchev–Trinajstić information content (AvgIpc) is 1.95. The van der Waals surface area contributed by atoms with E-state index in [-0.39, 0.29) is 5.60 Å². The van der Waals surface area contributed by atoms with Crippen LogP contribution >= 0.6 is 0 Å². The molecule has 2 rings (SSSR count). The van der Waals surface area contributed by atoms with Crippen LogP contribution in [0.4, 0.5) is 0 Å². The predicted octanol–water partition coefficient (Wildman–Crippen LogP) is 0.171. The summed E-state index contributed by atoms with van der Waals surface area (Å²) >= 11 is 0. The van der Waals surface area contributed by atoms with E-state index in [4.69, 9.17) is 10.1 Å². The molecule has 0 saturated carbocycles. The molecule has 0 aromatic carbocycles. The number of amidine groups is 1. The van der Waals surface area contributed by atoms with Gasteiger partial charge in [0.1, 0.15) is 11.4 Å². The molecule has 2 heterocycles. The number of rotatable bonds is 2. The first-order chi connectivity index (χ1) is 6.26. The van der Waals surface area contributed by atoms with Gasteiger partial charge >= 0.3 is 0 Å². The van der Waals surface area contributed by atoms with Crippen LogP contribution in [0, 0.1) is 5.41 Å². The Morgan fingerprint density at radius 2 is 2.31 bits per heavy atom. The molecule has 13 heavy (non-hydrogen) atoms. The fourth-order valence-electron chi connectivity index (χ4n) is 1.73. The molecule has 0 radical (unpaired) electrons. The summed E-state index contributed by atoms with van der Waals surface area (Å²) in [5.74, 6) is 0.565. The van der Waals surface area contributed by atoms with Crippen LogP contribution in [-0.4, -0.2) is 43.1 Å². The van der Waals surface area contributed by atoms with E-state index in [1.54, 1.807) is 12.3 Å². The maximum absolute atomic E-state index is 7.67. The zero-order chi connectivity index (χ0) is 9.31. The Morgan fingerprint density at radius 3 is 2.77 bits per heavy atom. The summed E-state index contributed by atoms with van der Waals surface area (Å²) in [5.41, 5.74) is 0.125. The molecule has 2 fully saturated rings. The van der Waals surface area contributed by atoms with Gasteiger partial charge in [-0.2, -0.15) is 0 Å². The molecule has 0 bridgehead atoms. The van der Waals surface area contributed by atoms with Crippen molar-refractivity contribution in [3.05, 3.63) is 12.3 Å². The molecule has 1 spiro atoms. The summed E-state index contributed by atoms with van der Waals surface area (Å²) in [6.07, 6.45) is 4.70. The standard InChI is InChI=1S/C9H15N3O/c1-11-4-2-8(10)12-6-9(7-12)3-5-13-9/h2,4,10-11H,3,5-7H2,1H3/b4-2-,10-8?. The third-order valence-corrected chi connectivity index (χ3v) is 2.67. The van der Waals surface area contributed by atoms with Crippen molar-refractivity contribution in [2.24, 2.45) is 0 Å². The smallest absolute Gasteiger partial charge is 0.122 e. The molecule has 72 valence electrons. The van der Waals surface area contributed by atoms with Crippen LogP contribution < -0.4 is 5.32 Å². The maximum atomic E-state index is 7.67. The third-order valence-electron chi connectivity index (χ3n) is 2.67. The highest BCUT2D eigenvalue weighted by Gasteiger charge is 2.49. The summed E-state index contributed by atoms with van der Waals surface area (Å²) in [6.45, 7) is 2.67. The van der Waals surface area contributed by atoms with E-state index in [1.165, 1.54) is 0 Å². The van der Waals surface area contributed by atoms with E-state index < -0.39 is 0 Å². The lowest BCUT2D eigenvalue weighted by molar-refractivity contribution is -0.204. The van der Waals surface area contributed by atoms with Gasteiger partial charge in [0, 0.05) is 13.5 Å². The first kappa shape index (κ1) is 8.56. The highest BCUT2D eigenvalue weighted by atomic mass is 16.5. The number of hydrogen-bond acceptors (Lipinski definition) is 3. The second-order valence-corrected chi connectivity index (χ2v) is 3.64. The Labute approximate surface area is 78.1 Å². The first-order valence-electron chi connectivity index (χ1n) is 4.57. The maximum Gasteiger partial charge on any atom is 0.122 e. The summed E-state index contributed by atoms with van der Waals surface area (Å²) < 4.78 is 5.46. The van der Waals surface area contributed by atoms with Gasteiger partial charge in [-0.15, -0.1) is 0 Å². The highest BCUT2D eigenvalue weighted by molar-refractivity contribution is 5.91. The summed E-state index contributed by atoms with van der Waals surface area (Å²) in [7, 11) is 1.83. The van der Waals surface area contributed by atoms with Gasteiger partial charge in [-0.05, 0) is 12.3 Å². The molecular weight excluding hydrogens is 166 g/mol. The van der Waals surface area contributed by atoms with Crippen LogP contribution in [-0.2, 0) is 4.74 Å². The lowest BCUT2D eigenvalue weighted by Crippen LogP contribution is -2.69. The molecule has 0 aromatic rings. The minimum Gasteiger partial charge on any atom is -0.394 e. The minimum atomic E-state index is 0.125. The van der Waals surface area contributed by atoms with Crippen molar-refractivity contribution in [3.8, 4) is 0 Å². The van der Waals surface area contributed by atoms with E-state index in [0.29, 0.717) is 5.84 Å². The van der Waals surface area contributed by atoms with Gasteiger partial charge in [0.05, 0.1) is 19.7 Å². The van der Waals surface area contributed by atoms with Crippen molar-refractivity contribution in [1.82, 2.24) is 10.2 Å². The molecule has 0 amide bonds. The second kappa shape index (κ2) is 3.03. The number of ether oxygens (including phenoxy) is 1. The SMILES string of the molecule is CN/C=C\C(=N)N1CC2(CCO2)C1. The van der Waals surface area contributed by atoms with E-state index >= 15 is 0 Å². The van der Waals surface area contributed by atoms with E-state index in [0.717, 1.165) is 26.1 Å². The first-order valence-corrected chi connectivity index (χ1v) is 4.57. The van der Waals surface area contributed by atoms with Crippen LogP contribution in [0.2, 0.25) is 0 Å². The minimum absolute atomic E-state index is 0.125. The van der Waals surface area contributed by atoms with Crippen LogP contribution in [0.1, 0.15) is 6.42 Å². The molecule has 2 aliphatic rings. The van der Waals surface area contributed by atoms with Crippen molar-refractivity contribution in [3.63, 3.8) is 0 Å². The Balaban J connectivity index is 1.79. The molecule has 4 heteroatoms. The third kappa shape index (κ3) is 1.42. The number of nitrogens with zero attached hydrogens (tertiary/aromatic N) is 1. The van der Waals surface area contributed by atoms with Crippen molar-refractivity contribution in [1.29, 1.82) is 5.41 Å². The molecule has 4 nitrogen and oxygen atoms in total. The van der Waals surface area contributed by atoms with Gasteiger partial charge in [0.15, 0.2) is 0 Å². The number of hydrogen-bond donors (Lipinski definition) is 2. The van der Waals surface area contributed by atoms with Crippen LogP contribution in [0.25, 0.3) is 0 Å². The van der Waals surface area contributed by atoms with Crippen molar-refractivity contribution >= 4 is 5.84 Å². The summed E-state index contributed by atoms with van der Waals surface area (Å²) in [5, 5.41) is 10.5. The van der Waals surface area contributed by atoms with Gasteiger partial charge in [0.2, 0.25) is 0 Å². The fraction of sp³-hybridized carbons (Fsp3) is 0.667. The Morgan fingerprint density at radius 1 is 1.62 bits per heavy atom. The fourth-order valence-corrected chi connectivity index (χ4v) is 1.73. The van der Waals surface area contributed by atoms with E-state index in [2.05, 4.69) is 5.32 Å². The van der Waals surface area contributed by atoms with Crippen LogP contribution in [0.15, 0.2) is 12.3 Å². The highest BCUT2D eigenvalue weighted by Crippen LogP contribution is 2.35. The molecule has 0 aliphatic carbocycles. The molecule has 0 unspecified atom stereocenters. The Hall–Kier alpha value is -1.03. The molecule has 0 aromatic heterocycles. The van der Waals surface area contributed by atoms with Gasteiger partial charge in [0.25, 0.3) is 0 Å². The molecule has 2 saturated heterocycles. The van der Waals surface area contributed by atoms with E-state index in [1.807, 2.05) is 11.9 Å². The van der Waals surface area contributed by atoms with Gasteiger partial charge in [-0.25, -0.2) is 0 Å². The van der Waals surface area contributed by atoms with Gasteiger partial charge in [-0.3, -0.25) is 5.41 Å². The van der Waals surface area contributed by atoms with Crippen LogP contribution in [0.5, 0.6) is 0 Å². The average molecular weight is 181 g/mol. The lowest BCUT2D eigenvalue weighted by Gasteiger charge is -2.55. The number of nitrogens with one attached hydrogen (secondary N) is 2. The van der Waals surface area contributed by atoms with E-state index in [9.17, 15) is 0 Å². The summed E-state index contributed by atoms with van der Waals surface area (Å²) in [6, 6.07) is 0. The van der Waals surface area contributed by atoms with Crippen molar-refractivity contribution in [2.75, 3.05) is 26.7 Å². The molecule has 0 atom stereocenters. The molecule has 2 N–H and O–H groups in total. The zero-order valence-corrected chi connectivity index (χ0v) is 7.84. The monoisotopic (exact) mass is 181 g/mol. The quantitative estimate of drug-likeness (QED) is 0.471. The van der Waals surface area contributed by atoms with Crippen molar-refractivity contribution in [2.45, 2.75) is 12.0 Å². The van der Waals surface area contributed by atoms with Gasteiger partial charge in [-0.1, -0.05) is 0 Å². The predicted molar refractivity (Wildman–Crippen MR) is 50.8 cm³/mol. The Bertz CT molecular complexity index is 237.